The lowest BCUT2D eigenvalue weighted by molar-refractivity contribution is 0.382. The van der Waals surface area contributed by atoms with Crippen molar-refractivity contribution in [3.05, 3.63) is 64.1 Å². The Hall–Kier alpha value is -2.66. The quantitative estimate of drug-likeness (QED) is 0.547. The third kappa shape index (κ3) is 3.67. The van der Waals surface area contributed by atoms with Gasteiger partial charge in [-0.25, -0.2) is 4.98 Å². The molecule has 0 radical (unpaired) electrons. The molecule has 2 aromatic heterocycles. The van der Waals surface area contributed by atoms with Crippen LogP contribution in [0.5, 0.6) is 0 Å². The average molecular weight is 409 g/mol. The lowest BCUT2D eigenvalue weighted by atomic mass is 9.97. The maximum Gasteiger partial charge on any atom is 0.166 e. The summed E-state index contributed by atoms with van der Waals surface area (Å²) in [5, 5.41) is 4.86. The van der Waals surface area contributed by atoms with E-state index in [2.05, 4.69) is 22.2 Å². The van der Waals surface area contributed by atoms with Gasteiger partial charge in [0.1, 0.15) is 12.4 Å². The summed E-state index contributed by atoms with van der Waals surface area (Å²) in [5.74, 6) is 1.79. The van der Waals surface area contributed by atoms with E-state index in [0.717, 1.165) is 58.5 Å². The first-order chi connectivity index (χ1) is 14.2. The van der Waals surface area contributed by atoms with Gasteiger partial charge in [0, 0.05) is 29.2 Å². The van der Waals surface area contributed by atoms with Gasteiger partial charge >= 0.3 is 0 Å². The van der Waals surface area contributed by atoms with Crippen LogP contribution in [-0.2, 0) is 6.54 Å². The van der Waals surface area contributed by atoms with Gasteiger partial charge in [-0.2, -0.15) is 0 Å². The number of nitrogens with zero attached hydrogens (tertiary/aromatic N) is 4. The van der Waals surface area contributed by atoms with Gasteiger partial charge in [-0.15, -0.1) is 0 Å². The molecule has 5 nitrogen and oxygen atoms in total. The van der Waals surface area contributed by atoms with Crippen LogP contribution in [0.1, 0.15) is 49.4 Å². The van der Waals surface area contributed by atoms with Crippen molar-refractivity contribution >= 4 is 23.1 Å². The molecule has 1 fully saturated rings. The Morgan fingerprint density at radius 3 is 2.45 bits per heavy atom. The van der Waals surface area contributed by atoms with Crippen LogP contribution in [0, 0.1) is 6.92 Å². The molecular weight excluding hydrogens is 384 g/mol. The van der Waals surface area contributed by atoms with Crippen molar-refractivity contribution in [1.29, 1.82) is 0 Å². The minimum Gasteiger partial charge on any atom is -0.358 e. The fourth-order valence-electron chi connectivity index (χ4n) is 3.88. The molecule has 5 rings (SSSR count). The molecule has 4 heterocycles. The number of hydrogen-bond donors (Lipinski definition) is 0. The number of hydrogen-bond acceptors (Lipinski definition) is 5. The Morgan fingerprint density at radius 2 is 1.72 bits per heavy atom. The Morgan fingerprint density at radius 1 is 1.00 bits per heavy atom. The maximum absolute atomic E-state index is 6.09. The van der Waals surface area contributed by atoms with Crippen molar-refractivity contribution in [1.82, 2.24) is 10.1 Å². The van der Waals surface area contributed by atoms with Crippen LogP contribution in [0.25, 0.3) is 11.1 Å². The average Bonchev–Trinajstić information content (AvgIpc) is 3.38. The molecule has 0 N–H and O–H groups in total. The van der Waals surface area contributed by atoms with Gasteiger partial charge < -0.3 is 9.42 Å². The van der Waals surface area contributed by atoms with E-state index >= 15 is 0 Å². The number of pyridine rings is 1. The molecule has 150 valence electrons. The summed E-state index contributed by atoms with van der Waals surface area (Å²) in [6, 6.07) is 12.0. The highest BCUT2D eigenvalue weighted by Crippen LogP contribution is 2.35. The number of aromatic nitrogens is 2. The molecular formula is C23H25ClN4O. The second-order valence-electron chi connectivity index (χ2n) is 7.00. The minimum atomic E-state index is 0.448. The third-order valence-electron chi connectivity index (χ3n) is 5.24. The van der Waals surface area contributed by atoms with Crippen LogP contribution in [0.3, 0.4) is 0 Å². The molecule has 3 aromatic rings. The molecule has 0 saturated carbocycles. The molecule has 1 aromatic carbocycles. The van der Waals surface area contributed by atoms with Crippen LogP contribution in [0.2, 0.25) is 5.02 Å². The van der Waals surface area contributed by atoms with Crippen LogP contribution in [0.4, 0.5) is 5.82 Å². The molecule has 0 aliphatic carbocycles. The zero-order chi connectivity index (χ0) is 20.4. The molecule has 0 atom stereocenters. The normalized spacial score (nSPS) is 15.0. The molecule has 0 amide bonds. The topological polar surface area (TPSA) is 54.5 Å². The van der Waals surface area contributed by atoms with Crippen molar-refractivity contribution in [3.63, 3.8) is 0 Å². The summed E-state index contributed by atoms with van der Waals surface area (Å²) in [7, 11) is 0. The van der Waals surface area contributed by atoms with Crippen molar-refractivity contribution < 1.29 is 4.52 Å². The van der Waals surface area contributed by atoms with Crippen molar-refractivity contribution in [2.75, 3.05) is 18.0 Å². The van der Waals surface area contributed by atoms with Gasteiger partial charge in [0.15, 0.2) is 5.76 Å². The number of aliphatic imine (C=N–C) groups is 1. The molecule has 2 aliphatic rings. The highest BCUT2D eigenvalue weighted by Gasteiger charge is 2.26. The van der Waals surface area contributed by atoms with E-state index in [1.54, 1.807) is 0 Å². The summed E-state index contributed by atoms with van der Waals surface area (Å²) < 4.78 is 5.54. The Bertz CT molecular complexity index is 1030. The smallest absolute Gasteiger partial charge is 0.166 e. The molecule has 2 aliphatic heterocycles. The second kappa shape index (κ2) is 8.37. The molecule has 0 unspecified atom stereocenters. The summed E-state index contributed by atoms with van der Waals surface area (Å²) in [6.07, 6.45) is 2.43. The summed E-state index contributed by atoms with van der Waals surface area (Å²) in [5.41, 5.74) is 5.66. The van der Waals surface area contributed by atoms with Crippen LogP contribution in [0.15, 0.2) is 45.9 Å². The summed E-state index contributed by atoms with van der Waals surface area (Å²) in [6.45, 7) is 8.52. The van der Waals surface area contributed by atoms with Gasteiger partial charge in [-0.1, -0.05) is 42.7 Å². The zero-order valence-corrected chi connectivity index (χ0v) is 17.8. The first-order valence-electron chi connectivity index (χ1n) is 10.2. The number of rotatable bonds is 2. The zero-order valence-electron chi connectivity index (χ0n) is 17.1. The number of aryl methyl sites for hydroxylation is 1. The second-order valence-corrected chi connectivity index (χ2v) is 7.43. The Balaban J connectivity index is 0.000000994. The minimum absolute atomic E-state index is 0.448. The van der Waals surface area contributed by atoms with Gasteiger partial charge in [0.2, 0.25) is 0 Å². The first kappa shape index (κ1) is 19.6. The first-order valence-corrected chi connectivity index (χ1v) is 10.6. The van der Waals surface area contributed by atoms with Crippen molar-refractivity contribution in [3.8, 4) is 11.1 Å². The van der Waals surface area contributed by atoms with E-state index in [1.165, 1.54) is 12.8 Å². The number of benzene rings is 1. The molecule has 6 heteroatoms. The number of halogens is 1. The van der Waals surface area contributed by atoms with Crippen LogP contribution < -0.4 is 4.90 Å². The third-order valence-corrected chi connectivity index (χ3v) is 5.49. The SMILES string of the molecule is CC.Cc1noc2c1-c1ccc(N3CCCC3)nc1C(c1ccc(Cl)cc1)=NC2. The van der Waals surface area contributed by atoms with E-state index in [4.69, 9.17) is 26.1 Å². The predicted molar refractivity (Wildman–Crippen MR) is 118 cm³/mol. The molecule has 1 saturated heterocycles. The lowest BCUT2D eigenvalue weighted by Gasteiger charge is -2.19. The van der Waals surface area contributed by atoms with Crippen LogP contribution >= 0.6 is 11.6 Å². The Labute approximate surface area is 176 Å². The fraction of sp³-hybridized carbons (Fsp3) is 0.348. The molecule has 0 bridgehead atoms. The summed E-state index contributed by atoms with van der Waals surface area (Å²) in [4.78, 5) is 12.2. The van der Waals surface area contributed by atoms with Crippen LogP contribution in [-0.4, -0.2) is 28.9 Å². The number of fused-ring (bicyclic) bond motifs is 3. The Kier molecular flexibility index (Phi) is 5.67. The van der Waals surface area contributed by atoms with Gasteiger partial charge in [-0.3, -0.25) is 4.99 Å². The van der Waals surface area contributed by atoms with E-state index < -0.39 is 0 Å². The molecule has 0 spiro atoms. The van der Waals surface area contributed by atoms with Crippen molar-refractivity contribution in [2.24, 2.45) is 4.99 Å². The van der Waals surface area contributed by atoms with Gasteiger partial charge in [0.05, 0.1) is 22.7 Å². The van der Waals surface area contributed by atoms with E-state index in [0.29, 0.717) is 11.6 Å². The monoisotopic (exact) mass is 408 g/mol. The van der Waals surface area contributed by atoms with E-state index in [1.807, 2.05) is 45.0 Å². The fourth-order valence-corrected chi connectivity index (χ4v) is 4.01. The standard InChI is InChI=1S/C21H19ClN4O.C2H6/c1-13-19-16-8-9-18(26-10-2-3-11-26)24-21(16)20(23-12-17(19)27-25-13)14-4-6-15(22)7-5-14;1-2/h4-9H,2-3,10-12H2,1H3;1-2H3. The highest BCUT2D eigenvalue weighted by molar-refractivity contribution is 6.30. The largest absolute Gasteiger partial charge is 0.358 e. The number of anilines is 1. The summed E-state index contributed by atoms with van der Waals surface area (Å²) >= 11 is 6.09. The van der Waals surface area contributed by atoms with Gasteiger partial charge in [-0.05, 0) is 44.0 Å². The molecule has 29 heavy (non-hydrogen) atoms. The van der Waals surface area contributed by atoms with E-state index in [9.17, 15) is 0 Å². The highest BCUT2D eigenvalue weighted by atomic mass is 35.5. The van der Waals surface area contributed by atoms with Crippen molar-refractivity contribution in [2.45, 2.75) is 40.2 Å². The lowest BCUT2D eigenvalue weighted by Crippen LogP contribution is -2.20. The predicted octanol–water partition coefficient (Wildman–Crippen LogP) is 5.68. The van der Waals surface area contributed by atoms with Gasteiger partial charge in [0.25, 0.3) is 0 Å². The maximum atomic E-state index is 6.09. The van der Waals surface area contributed by atoms with E-state index in [-0.39, 0.29) is 0 Å².